The smallest absolute Gasteiger partial charge is 0.223 e. The van der Waals surface area contributed by atoms with Gasteiger partial charge in [0.05, 0.1) is 0 Å². The van der Waals surface area contributed by atoms with E-state index in [1.54, 1.807) is 6.33 Å². The fourth-order valence-electron chi connectivity index (χ4n) is 2.69. The number of carbonyl (C=O) groups excluding carboxylic acids is 1. The second-order valence-corrected chi connectivity index (χ2v) is 5.71. The lowest BCUT2D eigenvalue weighted by Gasteiger charge is -2.29. The van der Waals surface area contributed by atoms with Crippen molar-refractivity contribution < 1.29 is 4.79 Å². The number of amides is 1. The van der Waals surface area contributed by atoms with Gasteiger partial charge in [0.15, 0.2) is 0 Å². The lowest BCUT2D eigenvalue weighted by molar-refractivity contribution is -0.132. The Balaban J connectivity index is 1.63. The van der Waals surface area contributed by atoms with E-state index in [0.29, 0.717) is 19.4 Å². The summed E-state index contributed by atoms with van der Waals surface area (Å²) < 4.78 is 1.85. The van der Waals surface area contributed by atoms with Gasteiger partial charge in [-0.1, -0.05) is 23.7 Å². The molecule has 1 aromatic heterocycles. The van der Waals surface area contributed by atoms with Crippen molar-refractivity contribution in [2.45, 2.75) is 25.8 Å². The predicted octanol–water partition coefficient (Wildman–Crippen LogP) is 1.99. The van der Waals surface area contributed by atoms with E-state index in [-0.39, 0.29) is 5.91 Å². The molecule has 6 heteroatoms. The quantitative estimate of drug-likeness (QED) is 0.871. The van der Waals surface area contributed by atoms with Crippen LogP contribution in [0.25, 0.3) is 0 Å². The van der Waals surface area contributed by atoms with Crippen LogP contribution in [0.1, 0.15) is 23.4 Å². The maximum Gasteiger partial charge on any atom is 0.223 e. The number of halogens is 1. The van der Waals surface area contributed by atoms with Gasteiger partial charge in [-0.15, -0.1) is 10.2 Å². The molecule has 2 heterocycles. The highest BCUT2D eigenvalue weighted by molar-refractivity contribution is 6.31. The summed E-state index contributed by atoms with van der Waals surface area (Å²) >= 11 is 6.19. The van der Waals surface area contributed by atoms with Gasteiger partial charge >= 0.3 is 0 Å². The average molecular weight is 305 g/mol. The minimum Gasteiger partial charge on any atom is -0.338 e. The third-order valence-electron chi connectivity index (χ3n) is 3.93. The number of aryl methyl sites for hydroxylation is 2. The molecule has 0 fully saturated rings. The number of hydrogen-bond acceptors (Lipinski definition) is 3. The molecule has 0 saturated carbocycles. The molecule has 0 radical (unpaired) electrons. The number of fused-ring (bicyclic) bond motifs is 1. The summed E-state index contributed by atoms with van der Waals surface area (Å²) in [5.41, 5.74) is 2.33. The molecule has 0 saturated heterocycles. The van der Waals surface area contributed by atoms with Crippen LogP contribution < -0.4 is 0 Å². The molecule has 3 rings (SSSR count). The van der Waals surface area contributed by atoms with E-state index in [9.17, 15) is 4.79 Å². The van der Waals surface area contributed by atoms with Crippen molar-refractivity contribution in [3.05, 3.63) is 46.5 Å². The molecule has 1 aliphatic heterocycles. The monoisotopic (exact) mass is 304 g/mol. The SMILES string of the molecule is Cn1cnnc1CCC(=O)N1CCc2c(Cl)cccc2C1. The second-order valence-electron chi connectivity index (χ2n) is 5.30. The fourth-order valence-corrected chi connectivity index (χ4v) is 2.97. The van der Waals surface area contributed by atoms with Gasteiger partial charge in [0.1, 0.15) is 12.2 Å². The summed E-state index contributed by atoms with van der Waals surface area (Å²) in [6.07, 6.45) is 3.56. The van der Waals surface area contributed by atoms with Crippen LogP contribution in [0.5, 0.6) is 0 Å². The number of nitrogens with zero attached hydrogens (tertiary/aromatic N) is 4. The average Bonchev–Trinajstić information content (AvgIpc) is 2.90. The zero-order valence-electron chi connectivity index (χ0n) is 11.9. The van der Waals surface area contributed by atoms with Gasteiger partial charge in [-0.25, -0.2) is 0 Å². The molecule has 0 atom stereocenters. The number of aromatic nitrogens is 3. The van der Waals surface area contributed by atoms with Crippen molar-refractivity contribution in [3.63, 3.8) is 0 Å². The van der Waals surface area contributed by atoms with Gasteiger partial charge in [0.25, 0.3) is 0 Å². The topological polar surface area (TPSA) is 51.0 Å². The summed E-state index contributed by atoms with van der Waals surface area (Å²) in [7, 11) is 1.89. The number of hydrogen-bond donors (Lipinski definition) is 0. The summed E-state index contributed by atoms with van der Waals surface area (Å²) in [5, 5.41) is 8.63. The van der Waals surface area contributed by atoms with Gasteiger partial charge < -0.3 is 9.47 Å². The highest BCUT2D eigenvalue weighted by Crippen LogP contribution is 2.26. The summed E-state index contributed by atoms with van der Waals surface area (Å²) in [6, 6.07) is 5.89. The molecule has 0 aliphatic carbocycles. The molecule has 0 bridgehead atoms. The Morgan fingerprint density at radius 3 is 3.05 bits per heavy atom. The lowest BCUT2D eigenvalue weighted by atomic mass is 9.99. The largest absolute Gasteiger partial charge is 0.338 e. The molecule has 0 N–H and O–H groups in total. The van der Waals surface area contributed by atoms with E-state index in [0.717, 1.165) is 29.4 Å². The predicted molar refractivity (Wildman–Crippen MR) is 79.9 cm³/mol. The third kappa shape index (κ3) is 2.93. The lowest BCUT2D eigenvalue weighted by Crippen LogP contribution is -2.36. The van der Waals surface area contributed by atoms with Crippen LogP contribution >= 0.6 is 11.6 Å². The van der Waals surface area contributed by atoms with E-state index in [1.807, 2.05) is 34.7 Å². The Morgan fingerprint density at radius 1 is 1.43 bits per heavy atom. The first-order chi connectivity index (χ1) is 10.1. The van der Waals surface area contributed by atoms with Crippen LogP contribution in [-0.2, 0) is 31.2 Å². The van der Waals surface area contributed by atoms with E-state index < -0.39 is 0 Å². The molecule has 0 spiro atoms. The minimum absolute atomic E-state index is 0.156. The van der Waals surface area contributed by atoms with Gasteiger partial charge in [0.2, 0.25) is 5.91 Å². The van der Waals surface area contributed by atoms with E-state index in [2.05, 4.69) is 10.2 Å². The highest BCUT2D eigenvalue weighted by Gasteiger charge is 2.22. The standard InChI is InChI=1S/C15H17ClN4O/c1-19-10-17-18-14(19)5-6-15(21)20-8-7-12-11(9-20)3-2-4-13(12)16/h2-4,10H,5-9H2,1H3. The Kier molecular flexibility index (Phi) is 3.92. The molecule has 1 aromatic carbocycles. The normalized spacial score (nSPS) is 14.1. The van der Waals surface area contributed by atoms with Crippen LogP contribution in [0.3, 0.4) is 0 Å². The van der Waals surface area contributed by atoms with Gasteiger partial charge in [0, 0.05) is 38.0 Å². The van der Waals surface area contributed by atoms with E-state index in [4.69, 9.17) is 11.6 Å². The fraction of sp³-hybridized carbons (Fsp3) is 0.400. The Morgan fingerprint density at radius 2 is 2.29 bits per heavy atom. The van der Waals surface area contributed by atoms with Crippen molar-refractivity contribution in [1.29, 1.82) is 0 Å². The molecule has 0 unspecified atom stereocenters. The molecule has 5 nitrogen and oxygen atoms in total. The molecule has 21 heavy (non-hydrogen) atoms. The van der Waals surface area contributed by atoms with E-state index in [1.165, 1.54) is 5.56 Å². The maximum atomic E-state index is 12.3. The van der Waals surface area contributed by atoms with Crippen LogP contribution in [0, 0.1) is 0 Å². The van der Waals surface area contributed by atoms with Gasteiger partial charge in [-0.05, 0) is 23.6 Å². The van der Waals surface area contributed by atoms with Crippen LogP contribution in [-0.4, -0.2) is 32.1 Å². The Bertz CT molecular complexity index is 667. The first-order valence-electron chi connectivity index (χ1n) is 7.02. The summed E-state index contributed by atoms with van der Waals surface area (Å²) in [6.45, 7) is 1.38. The van der Waals surface area contributed by atoms with Crippen molar-refractivity contribution >= 4 is 17.5 Å². The van der Waals surface area contributed by atoms with Crippen molar-refractivity contribution in [3.8, 4) is 0 Å². The van der Waals surface area contributed by atoms with Gasteiger partial charge in [-0.2, -0.15) is 0 Å². The number of carbonyl (C=O) groups is 1. The van der Waals surface area contributed by atoms with Crippen LogP contribution in [0.2, 0.25) is 5.02 Å². The van der Waals surface area contributed by atoms with Crippen molar-refractivity contribution in [1.82, 2.24) is 19.7 Å². The van der Waals surface area contributed by atoms with Crippen molar-refractivity contribution in [2.24, 2.45) is 7.05 Å². The van der Waals surface area contributed by atoms with Crippen LogP contribution in [0.4, 0.5) is 0 Å². The molecule has 1 amide bonds. The minimum atomic E-state index is 0.156. The molecular formula is C15H17ClN4O. The summed E-state index contributed by atoms with van der Waals surface area (Å²) in [4.78, 5) is 14.2. The zero-order valence-corrected chi connectivity index (χ0v) is 12.7. The van der Waals surface area contributed by atoms with Gasteiger partial charge in [-0.3, -0.25) is 4.79 Å². The third-order valence-corrected chi connectivity index (χ3v) is 4.28. The molecule has 110 valence electrons. The highest BCUT2D eigenvalue weighted by atomic mass is 35.5. The molecule has 2 aromatic rings. The maximum absolute atomic E-state index is 12.3. The first-order valence-corrected chi connectivity index (χ1v) is 7.40. The van der Waals surface area contributed by atoms with Crippen molar-refractivity contribution in [2.75, 3.05) is 6.54 Å². The Labute approximate surface area is 128 Å². The molecule has 1 aliphatic rings. The Hall–Kier alpha value is -1.88. The van der Waals surface area contributed by atoms with Crippen LogP contribution in [0.15, 0.2) is 24.5 Å². The molecular weight excluding hydrogens is 288 g/mol. The van der Waals surface area contributed by atoms with E-state index >= 15 is 0 Å². The number of rotatable bonds is 3. The first kappa shape index (κ1) is 14.1. The second kappa shape index (κ2) is 5.85. The zero-order chi connectivity index (χ0) is 14.8. The summed E-state index contributed by atoms with van der Waals surface area (Å²) in [5.74, 6) is 0.993. The number of benzene rings is 1.